The zero-order valence-electron chi connectivity index (χ0n) is 14.1. The zero-order valence-corrected chi connectivity index (χ0v) is 15.0. The van der Waals surface area contributed by atoms with Crippen LogP contribution in [-0.4, -0.2) is 25.5 Å². The van der Waals surface area contributed by atoms with E-state index in [-0.39, 0.29) is 0 Å². The second-order valence-electron chi connectivity index (χ2n) is 5.77. The number of rotatable bonds is 5. The molecule has 0 unspecified atom stereocenters. The highest BCUT2D eigenvalue weighted by atomic mass is 32.2. The maximum Gasteiger partial charge on any atom is 0.247 e. The van der Waals surface area contributed by atoms with Gasteiger partial charge in [-0.2, -0.15) is 0 Å². The SMILES string of the molecule is CCSc1nc2ccccc2n1Cc1nnc(-c2ccc(C)cc2)o1. The number of nitrogens with zero attached hydrogens (tertiary/aromatic N) is 4. The number of hydrogen-bond donors (Lipinski definition) is 0. The molecule has 0 spiro atoms. The Balaban J connectivity index is 1.67. The molecular formula is C19H18N4OS. The van der Waals surface area contributed by atoms with Crippen LogP contribution in [0.2, 0.25) is 0 Å². The Kier molecular flexibility index (Phi) is 4.28. The molecule has 0 atom stereocenters. The summed E-state index contributed by atoms with van der Waals surface area (Å²) in [7, 11) is 0. The summed E-state index contributed by atoms with van der Waals surface area (Å²) >= 11 is 1.71. The van der Waals surface area contributed by atoms with Gasteiger partial charge in [-0.05, 0) is 36.9 Å². The normalized spacial score (nSPS) is 11.3. The fourth-order valence-electron chi connectivity index (χ4n) is 2.71. The molecule has 5 nitrogen and oxygen atoms in total. The van der Waals surface area contributed by atoms with Gasteiger partial charge in [0.15, 0.2) is 5.16 Å². The fourth-order valence-corrected chi connectivity index (χ4v) is 3.45. The molecule has 4 aromatic rings. The van der Waals surface area contributed by atoms with Crippen LogP contribution < -0.4 is 0 Å². The van der Waals surface area contributed by atoms with Crippen molar-refractivity contribution in [3.63, 3.8) is 0 Å². The van der Waals surface area contributed by atoms with Crippen molar-refractivity contribution < 1.29 is 4.42 Å². The molecule has 0 saturated carbocycles. The van der Waals surface area contributed by atoms with Crippen molar-refractivity contribution in [2.45, 2.75) is 25.5 Å². The molecule has 25 heavy (non-hydrogen) atoms. The molecule has 4 rings (SSSR count). The first-order chi connectivity index (χ1) is 12.2. The molecule has 0 radical (unpaired) electrons. The summed E-state index contributed by atoms with van der Waals surface area (Å²) in [6.45, 7) is 4.69. The lowest BCUT2D eigenvalue weighted by molar-refractivity contribution is 0.482. The highest BCUT2D eigenvalue weighted by Gasteiger charge is 2.15. The number of thioether (sulfide) groups is 1. The Labute approximate surface area is 150 Å². The molecule has 0 aliphatic carbocycles. The number of benzene rings is 2. The Hall–Kier alpha value is -2.60. The van der Waals surface area contributed by atoms with Crippen LogP contribution in [0.3, 0.4) is 0 Å². The van der Waals surface area contributed by atoms with Crippen LogP contribution in [0.4, 0.5) is 0 Å². The van der Waals surface area contributed by atoms with Crippen molar-refractivity contribution >= 4 is 22.8 Å². The van der Waals surface area contributed by atoms with Crippen LogP contribution in [0.15, 0.2) is 58.1 Å². The second-order valence-corrected chi connectivity index (χ2v) is 7.00. The molecule has 0 aliphatic heterocycles. The van der Waals surface area contributed by atoms with Gasteiger partial charge in [-0.25, -0.2) is 4.98 Å². The number of hydrogen-bond acceptors (Lipinski definition) is 5. The van der Waals surface area contributed by atoms with Crippen molar-refractivity contribution in [1.82, 2.24) is 19.7 Å². The summed E-state index contributed by atoms with van der Waals surface area (Å²) in [5.74, 6) is 2.09. The topological polar surface area (TPSA) is 56.7 Å². The molecule has 126 valence electrons. The van der Waals surface area contributed by atoms with Gasteiger partial charge in [0, 0.05) is 5.56 Å². The minimum absolute atomic E-state index is 0.516. The average molecular weight is 350 g/mol. The standard InChI is InChI=1S/C19H18N4OS/c1-3-25-19-20-15-6-4-5-7-16(15)23(19)12-17-21-22-18(24-17)14-10-8-13(2)9-11-14/h4-11H,3,12H2,1-2H3. The Morgan fingerprint density at radius 2 is 1.84 bits per heavy atom. The molecule has 0 aliphatic rings. The third-order valence-corrected chi connectivity index (χ3v) is 4.81. The minimum atomic E-state index is 0.516. The van der Waals surface area contributed by atoms with E-state index >= 15 is 0 Å². The largest absolute Gasteiger partial charge is 0.419 e. The fraction of sp³-hybridized carbons (Fsp3) is 0.211. The van der Waals surface area contributed by atoms with Crippen LogP contribution >= 0.6 is 11.8 Å². The van der Waals surface area contributed by atoms with E-state index in [4.69, 9.17) is 9.40 Å². The lowest BCUT2D eigenvalue weighted by atomic mass is 10.1. The average Bonchev–Trinajstić information content (AvgIpc) is 3.22. The van der Waals surface area contributed by atoms with Gasteiger partial charge in [0.1, 0.15) is 6.54 Å². The predicted octanol–water partition coefficient (Wildman–Crippen LogP) is 4.56. The summed E-state index contributed by atoms with van der Waals surface area (Å²) < 4.78 is 8.02. The number of imidazole rings is 1. The maximum absolute atomic E-state index is 5.88. The number of aryl methyl sites for hydroxylation is 1. The van der Waals surface area contributed by atoms with E-state index < -0.39 is 0 Å². The van der Waals surface area contributed by atoms with E-state index in [0.717, 1.165) is 27.5 Å². The van der Waals surface area contributed by atoms with Crippen molar-refractivity contribution in [3.05, 3.63) is 60.0 Å². The van der Waals surface area contributed by atoms with Crippen LogP contribution in [0.1, 0.15) is 18.4 Å². The van der Waals surface area contributed by atoms with Gasteiger partial charge in [-0.15, -0.1) is 10.2 Å². The highest BCUT2D eigenvalue weighted by molar-refractivity contribution is 7.99. The van der Waals surface area contributed by atoms with Gasteiger partial charge in [0.2, 0.25) is 11.8 Å². The third kappa shape index (κ3) is 3.17. The minimum Gasteiger partial charge on any atom is -0.419 e. The molecule has 6 heteroatoms. The first kappa shape index (κ1) is 15.9. The van der Waals surface area contributed by atoms with Crippen LogP contribution in [0, 0.1) is 6.92 Å². The number of aromatic nitrogens is 4. The molecule has 0 bridgehead atoms. The zero-order chi connectivity index (χ0) is 17.2. The summed E-state index contributed by atoms with van der Waals surface area (Å²) in [5, 5.41) is 9.39. The lowest BCUT2D eigenvalue weighted by Gasteiger charge is -2.05. The molecular weight excluding hydrogens is 332 g/mol. The molecule has 0 amide bonds. The van der Waals surface area contributed by atoms with Crippen LogP contribution in [-0.2, 0) is 6.54 Å². The third-order valence-electron chi connectivity index (χ3n) is 3.95. The second kappa shape index (κ2) is 6.72. The summed E-state index contributed by atoms with van der Waals surface area (Å²) in [6.07, 6.45) is 0. The van der Waals surface area contributed by atoms with Crippen molar-refractivity contribution in [3.8, 4) is 11.5 Å². The van der Waals surface area contributed by atoms with E-state index in [0.29, 0.717) is 18.3 Å². The smallest absolute Gasteiger partial charge is 0.247 e. The predicted molar refractivity (Wildman–Crippen MR) is 99.7 cm³/mol. The molecule has 0 N–H and O–H groups in total. The van der Waals surface area contributed by atoms with Gasteiger partial charge in [0.05, 0.1) is 11.0 Å². The van der Waals surface area contributed by atoms with Gasteiger partial charge in [-0.1, -0.05) is 48.5 Å². The Morgan fingerprint density at radius 3 is 2.64 bits per heavy atom. The molecule has 2 aromatic carbocycles. The van der Waals surface area contributed by atoms with Crippen LogP contribution in [0.25, 0.3) is 22.5 Å². The Bertz CT molecular complexity index is 1000. The van der Waals surface area contributed by atoms with E-state index in [1.54, 1.807) is 11.8 Å². The molecule has 0 fully saturated rings. The van der Waals surface area contributed by atoms with E-state index in [1.165, 1.54) is 5.56 Å². The van der Waals surface area contributed by atoms with E-state index in [2.05, 4.69) is 34.7 Å². The maximum atomic E-state index is 5.88. The van der Waals surface area contributed by atoms with Gasteiger partial charge < -0.3 is 8.98 Å². The molecule has 0 saturated heterocycles. The highest BCUT2D eigenvalue weighted by Crippen LogP contribution is 2.25. The van der Waals surface area contributed by atoms with Crippen molar-refractivity contribution in [2.75, 3.05) is 5.75 Å². The monoisotopic (exact) mass is 350 g/mol. The summed E-state index contributed by atoms with van der Waals surface area (Å²) in [5.41, 5.74) is 4.20. The van der Waals surface area contributed by atoms with Gasteiger partial charge in [0.25, 0.3) is 0 Å². The first-order valence-corrected chi connectivity index (χ1v) is 9.20. The molecule has 2 heterocycles. The quantitative estimate of drug-likeness (QED) is 0.494. The first-order valence-electron chi connectivity index (χ1n) is 8.22. The van der Waals surface area contributed by atoms with Crippen LogP contribution in [0.5, 0.6) is 0 Å². The number of para-hydroxylation sites is 2. The van der Waals surface area contributed by atoms with Gasteiger partial charge >= 0.3 is 0 Å². The summed E-state index contributed by atoms with van der Waals surface area (Å²) in [4.78, 5) is 4.71. The number of fused-ring (bicyclic) bond motifs is 1. The molecule has 2 aromatic heterocycles. The van der Waals surface area contributed by atoms with Gasteiger partial charge in [-0.3, -0.25) is 0 Å². The summed E-state index contributed by atoms with van der Waals surface area (Å²) in [6, 6.07) is 16.2. The Morgan fingerprint density at radius 1 is 1.04 bits per heavy atom. The van der Waals surface area contributed by atoms with E-state index in [9.17, 15) is 0 Å². The van der Waals surface area contributed by atoms with E-state index in [1.807, 2.05) is 42.5 Å². The lowest BCUT2D eigenvalue weighted by Crippen LogP contribution is -2.02. The van der Waals surface area contributed by atoms with Crippen molar-refractivity contribution in [2.24, 2.45) is 0 Å². The van der Waals surface area contributed by atoms with Crippen molar-refractivity contribution in [1.29, 1.82) is 0 Å².